The van der Waals surface area contributed by atoms with E-state index in [1.165, 1.54) is 11.9 Å². The van der Waals surface area contributed by atoms with Crippen LogP contribution in [0.15, 0.2) is 35.5 Å². The van der Waals surface area contributed by atoms with Gasteiger partial charge < -0.3 is 19.7 Å². The first-order valence-corrected chi connectivity index (χ1v) is 10.4. The highest BCUT2D eigenvalue weighted by Crippen LogP contribution is 2.30. The molecular weight excluding hydrogens is 439 g/mol. The zero-order valence-corrected chi connectivity index (χ0v) is 18.3. The van der Waals surface area contributed by atoms with Gasteiger partial charge in [0, 0.05) is 44.3 Å². The lowest BCUT2D eigenvalue weighted by Gasteiger charge is -2.42. The van der Waals surface area contributed by atoms with Crippen LogP contribution in [0.2, 0.25) is 0 Å². The van der Waals surface area contributed by atoms with Crippen LogP contribution in [0, 0.1) is 0 Å². The number of piperidine rings is 1. The third kappa shape index (κ3) is 4.50. The van der Waals surface area contributed by atoms with E-state index in [0.717, 1.165) is 15.6 Å². The molecule has 1 aliphatic rings. The average molecular weight is 463 g/mol. The van der Waals surface area contributed by atoms with E-state index in [0.29, 0.717) is 37.3 Å². The fourth-order valence-corrected chi connectivity index (χ4v) is 4.19. The zero-order chi connectivity index (χ0) is 23.9. The van der Waals surface area contributed by atoms with Crippen LogP contribution in [0.25, 0.3) is 11.0 Å². The lowest BCUT2D eigenvalue weighted by atomic mass is 9.96. The number of aryl methyl sites for hydroxylation is 1. The van der Waals surface area contributed by atoms with Gasteiger partial charge in [0.15, 0.2) is 5.65 Å². The Morgan fingerprint density at radius 2 is 2.06 bits per heavy atom. The molecule has 0 radical (unpaired) electrons. The summed E-state index contributed by atoms with van der Waals surface area (Å²) in [6.07, 6.45) is 0.852. The summed E-state index contributed by atoms with van der Waals surface area (Å²) < 4.78 is 40.1. The van der Waals surface area contributed by atoms with Crippen molar-refractivity contribution in [2.24, 2.45) is 7.05 Å². The second-order valence-corrected chi connectivity index (χ2v) is 8.32. The molecule has 0 aromatic carbocycles. The first-order chi connectivity index (χ1) is 15.5. The Kier molecular flexibility index (Phi) is 5.76. The number of aromatic nitrogens is 4. The highest BCUT2D eigenvalue weighted by molar-refractivity contribution is 5.89. The Hall–Kier alpha value is -3.57. The van der Waals surface area contributed by atoms with E-state index in [4.69, 9.17) is 0 Å². The standard InChI is InChI=1S/C21H24F3N7O2/c1-12-6-15(4-5-31(12)16-7-13-9-26-28-18(13)25-10-16)30(3)20(33)27-17-8-14(21(22,23)24)11-29(2)19(17)32/h7-12,15H,4-6H2,1-3H3,(H,27,33)(H,25,26,28)/t12-,15+/m1/s1. The van der Waals surface area contributed by atoms with E-state index in [-0.39, 0.29) is 12.1 Å². The number of carbonyl (C=O) groups excluding carboxylic acids is 1. The van der Waals surface area contributed by atoms with Gasteiger partial charge >= 0.3 is 12.2 Å². The molecule has 1 fully saturated rings. The molecule has 1 saturated heterocycles. The lowest BCUT2D eigenvalue weighted by Crippen LogP contribution is -2.50. The molecule has 12 heteroatoms. The van der Waals surface area contributed by atoms with Crippen molar-refractivity contribution >= 4 is 28.4 Å². The topological polar surface area (TPSA) is 99.1 Å². The fraction of sp³-hybridized carbons (Fsp3) is 0.429. The molecule has 3 aromatic heterocycles. The van der Waals surface area contributed by atoms with Crippen molar-refractivity contribution < 1.29 is 18.0 Å². The Labute approximate surface area is 187 Å². The number of nitrogens with one attached hydrogen (secondary N) is 2. The van der Waals surface area contributed by atoms with Gasteiger partial charge in [-0.1, -0.05) is 0 Å². The molecule has 2 amide bonds. The first kappa shape index (κ1) is 22.6. The van der Waals surface area contributed by atoms with Crippen LogP contribution in [0.4, 0.5) is 29.3 Å². The fourth-order valence-electron chi connectivity index (χ4n) is 4.19. The first-order valence-electron chi connectivity index (χ1n) is 10.4. The average Bonchev–Trinajstić information content (AvgIpc) is 3.23. The van der Waals surface area contributed by atoms with Crippen molar-refractivity contribution in [2.75, 3.05) is 23.8 Å². The van der Waals surface area contributed by atoms with Gasteiger partial charge in [0.05, 0.1) is 23.6 Å². The third-order valence-corrected chi connectivity index (χ3v) is 6.08. The van der Waals surface area contributed by atoms with Gasteiger partial charge in [0.2, 0.25) is 0 Å². The monoisotopic (exact) mass is 463 g/mol. The molecule has 0 bridgehead atoms. The van der Waals surface area contributed by atoms with Gasteiger partial charge in [0.25, 0.3) is 5.56 Å². The number of aromatic amines is 1. The highest BCUT2D eigenvalue weighted by atomic mass is 19.4. The Morgan fingerprint density at radius 3 is 2.76 bits per heavy atom. The van der Waals surface area contributed by atoms with Crippen LogP contribution in [0.3, 0.4) is 0 Å². The second-order valence-electron chi connectivity index (χ2n) is 8.32. The van der Waals surface area contributed by atoms with Crippen LogP contribution in [-0.4, -0.2) is 56.4 Å². The Morgan fingerprint density at radius 1 is 1.30 bits per heavy atom. The molecule has 0 saturated carbocycles. The van der Waals surface area contributed by atoms with Gasteiger partial charge in [-0.15, -0.1) is 0 Å². The summed E-state index contributed by atoms with van der Waals surface area (Å²) in [6.45, 7) is 2.71. The Balaban J connectivity index is 1.45. The molecule has 0 aliphatic carbocycles. The van der Waals surface area contributed by atoms with Crippen molar-refractivity contribution in [3.8, 4) is 0 Å². The number of anilines is 2. The van der Waals surface area contributed by atoms with Crippen molar-refractivity contribution in [2.45, 2.75) is 38.0 Å². The largest absolute Gasteiger partial charge is 0.417 e. The molecule has 0 unspecified atom stereocenters. The summed E-state index contributed by atoms with van der Waals surface area (Å²) in [5.41, 5.74) is -0.468. The minimum absolute atomic E-state index is 0.0894. The van der Waals surface area contributed by atoms with E-state index in [9.17, 15) is 22.8 Å². The maximum Gasteiger partial charge on any atom is 0.417 e. The molecule has 0 spiro atoms. The molecule has 2 atom stereocenters. The van der Waals surface area contributed by atoms with Crippen LogP contribution in [0.5, 0.6) is 0 Å². The number of amides is 2. The van der Waals surface area contributed by atoms with Crippen molar-refractivity contribution in [1.29, 1.82) is 0 Å². The number of carbonyl (C=O) groups is 1. The second kappa shape index (κ2) is 8.41. The normalized spacial score (nSPS) is 19.0. The molecule has 176 valence electrons. The number of fused-ring (bicyclic) bond motifs is 1. The summed E-state index contributed by atoms with van der Waals surface area (Å²) in [6, 6.07) is 1.99. The lowest BCUT2D eigenvalue weighted by molar-refractivity contribution is -0.138. The summed E-state index contributed by atoms with van der Waals surface area (Å²) in [5.74, 6) is 0. The number of rotatable bonds is 3. The van der Waals surface area contributed by atoms with Gasteiger partial charge in [-0.2, -0.15) is 18.3 Å². The zero-order valence-electron chi connectivity index (χ0n) is 18.3. The third-order valence-electron chi connectivity index (χ3n) is 6.08. The number of pyridine rings is 2. The van der Waals surface area contributed by atoms with E-state index in [1.54, 1.807) is 19.4 Å². The summed E-state index contributed by atoms with van der Waals surface area (Å²) in [5, 5.41) is 10.1. The molecule has 4 rings (SSSR count). The van der Waals surface area contributed by atoms with Gasteiger partial charge in [0.1, 0.15) is 5.69 Å². The van der Waals surface area contributed by atoms with E-state index in [2.05, 4.69) is 25.4 Å². The number of hydrogen-bond acceptors (Lipinski definition) is 5. The predicted molar refractivity (Wildman–Crippen MR) is 117 cm³/mol. The smallest absolute Gasteiger partial charge is 0.367 e. The van der Waals surface area contributed by atoms with Crippen LogP contribution in [-0.2, 0) is 13.2 Å². The molecule has 9 nitrogen and oxygen atoms in total. The summed E-state index contributed by atoms with van der Waals surface area (Å²) in [7, 11) is 2.80. The number of nitrogens with zero attached hydrogens (tertiary/aromatic N) is 5. The molecular formula is C21H24F3N7O2. The maximum absolute atomic E-state index is 13.1. The summed E-state index contributed by atoms with van der Waals surface area (Å²) >= 11 is 0. The molecule has 4 heterocycles. The van der Waals surface area contributed by atoms with E-state index < -0.39 is 29.0 Å². The van der Waals surface area contributed by atoms with Crippen molar-refractivity contribution in [3.63, 3.8) is 0 Å². The quantitative estimate of drug-likeness (QED) is 0.622. The van der Waals surface area contributed by atoms with Crippen LogP contribution >= 0.6 is 0 Å². The molecule has 33 heavy (non-hydrogen) atoms. The number of alkyl halides is 3. The van der Waals surface area contributed by atoms with E-state index in [1.807, 2.05) is 13.0 Å². The minimum Gasteiger partial charge on any atom is -0.367 e. The van der Waals surface area contributed by atoms with Gasteiger partial charge in [-0.05, 0) is 31.9 Å². The van der Waals surface area contributed by atoms with E-state index >= 15 is 0 Å². The van der Waals surface area contributed by atoms with Crippen LogP contribution in [0.1, 0.15) is 25.3 Å². The number of halogens is 3. The van der Waals surface area contributed by atoms with Crippen molar-refractivity contribution in [3.05, 3.63) is 46.6 Å². The SMILES string of the molecule is C[C@@H]1C[C@@H](N(C)C(=O)Nc2cc(C(F)(F)F)cn(C)c2=O)CCN1c1cnc2[nH]ncc2c1. The van der Waals surface area contributed by atoms with Gasteiger partial charge in [-0.3, -0.25) is 9.89 Å². The van der Waals surface area contributed by atoms with Crippen LogP contribution < -0.4 is 15.8 Å². The predicted octanol–water partition coefficient (Wildman–Crippen LogP) is 3.20. The van der Waals surface area contributed by atoms with Gasteiger partial charge in [-0.25, -0.2) is 9.78 Å². The Bertz CT molecular complexity index is 1240. The number of hydrogen-bond donors (Lipinski definition) is 2. The summed E-state index contributed by atoms with van der Waals surface area (Å²) in [4.78, 5) is 33.0. The van der Waals surface area contributed by atoms with Crippen molar-refractivity contribution in [1.82, 2.24) is 24.6 Å². The molecule has 3 aromatic rings. The minimum atomic E-state index is -4.63. The maximum atomic E-state index is 13.1. The number of H-pyrrole nitrogens is 1. The number of urea groups is 1. The molecule has 2 N–H and O–H groups in total. The molecule has 1 aliphatic heterocycles. The highest BCUT2D eigenvalue weighted by Gasteiger charge is 2.33.